The van der Waals surface area contributed by atoms with Crippen LogP contribution in [-0.2, 0) is 16.9 Å². The minimum absolute atomic E-state index is 0.216. The van der Waals surface area contributed by atoms with Crippen molar-refractivity contribution in [3.8, 4) is 0 Å². The highest BCUT2D eigenvalue weighted by Crippen LogP contribution is 2.43. The van der Waals surface area contributed by atoms with Gasteiger partial charge >= 0.3 is 0 Å². The Bertz CT molecular complexity index is 741. The van der Waals surface area contributed by atoms with E-state index in [1.54, 1.807) is 6.20 Å². The average molecular weight is 352 g/mol. The number of piperidine rings is 1. The molecular formula is C22H28N2O2. The lowest BCUT2D eigenvalue weighted by Gasteiger charge is -2.49. The molecule has 2 fully saturated rings. The molecule has 1 N–H and O–H groups in total. The van der Waals surface area contributed by atoms with Gasteiger partial charge in [0.05, 0.1) is 17.9 Å². The minimum Gasteiger partial charge on any atom is -0.383 e. The van der Waals surface area contributed by atoms with E-state index in [1.807, 2.05) is 18.2 Å². The Balaban J connectivity index is 1.42. The van der Waals surface area contributed by atoms with Crippen molar-refractivity contribution in [2.45, 2.75) is 50.4 Å². The monoisotopic (exact) mass is 352 g/mol. The van der Waals surface area contributed by atoms with E-state index in [2.05, 4.69) is 41.1 Å². The summed E-state index contributed by atoms with van der Waals surface area (Å²) in [5.41, 5.74) is 2.46. The van der Waals surface area contributed by atoms with Gasteiger partial charge in [-0.3, -0.25) is 9.88 Å². The van der Waals surface area contributed by atoms with Crippen LogP contribution in [0.4, 0.5) is 0 Å². The van der Waals surface area contributed by atoms with Crippen molar-refractivity contribution in [2.24, 2.45) is 0 Å². The first kappa shape index (κ1) is 17.7. The van der Waals surface area contributed by atoms with Gasteiger partial charge in [0.25, 0.3) is 0 Å². The fraction of sp³-hybridized carbons (Fsp3) is 0.500. The molecule has 1 atom stereocenters. The molecule has 4 nitrogen and oxygen atoms in total. The molecule has 1 aromatic carbocycles. The number of aryl methyl sites for hydroxylation is 1. The normalized spacial score (nSPS) is 26.1. The van der Waals surface area contributed by atoms with E-state index in [-0.39, 0.29) is 5.60 Å². The molecule has 2 aliphatic heterocycles. The maximum Gasteiger partial charge on any atom is 0.111 e. The largest absolute Gasteiger partial charge is 0.383 e. The summed E-state index contributed by atoms with van der Waals surface area (Å²) in [6.07, 6.45) is 4.97. The van der Waals surface area contributed by atoms with Crippen molar-refractivity contribution in [3.05, 3.63) is 65.5 Å². The lowest BCUT2D eigenvalue weighted by atomic mass is 9.75. The summed E-state index contributed by atoms with van der Waals surface area (Å²) in [4.78, 5) is 6.92. The summed E-state index contributed by atoms with van der Waals surface area (Å²) in [5, 5.41) is 11.2. The first-order valence-electron chi connectivity index (χ1n) is 9.63. The van der Waals surface area contributed by atoms with Crippen molar-refractivity contribution >= 4 is 0 Å². The summed E-state index contributed by atoms with van der Waals surface area (Å²) >= 11 is 0. The Labute approximate surface area is 155 Å². The predicted octanol–water partition coefficient (Wildman–Crippen LogP) is 3.42. The zero-order valence-electron chi connectivity index (χ0n) is 15.5. The SMILES string of the molecule is Cc1ccccc1CN1CCC2(CC1)CC(O)(c1ccccn1)CCO2. The molecular weight excluding hydrogens is 324 g/mol. The summed E-state index contributed by atoms with van der Waals surface area (Å²) < 4.78 is 6.23. The first-order valence-corrected chi connectivity index (χ1v) is 9.63. The van der Waals surface area contributed by atoms with Crippen LogP contribution in [0.1, 0.15) is 42.5 Å². The van der Waals surface area contributed by atoms with Crippen molar-refractivity contribution < 1.29 is 9.84 Å². The summed E-state index contributed by atoms with van der Waals surface area (Å²) in [7, 11) is 0. The third-order valence-corrected chi connectivity index (χ3v) is 6.10. The number of rotatable bonds is 3. The van der Waals surface area contributed by atoms with E-state index < -0.39 is 5.60 Å². The lowest BCUT2D eigenvalue weighted by molar-refractivity contribution is -0.183. The van der Waals surface area contributed by atoms with Gasteiger partial charge in [-0.1, -0.05) is 30.3 Å². The number of hydrogen-bond acceptors (Lipinski definition) is 4. The highest BCUT2D eigenvalue weighted by molar-refractivity contribution is 5.25. The number of nitrogens with zero attached hydrogens (tertiary/aromatic N) is 2. The summed E-state index contributed by atoms with van der Waals surface area (Å²) in [6, 6.07) is 14.4. The number of pyridine rings is 1. The number of aliphatic hydroxyl groups is 1. The fourth-order valence-corrected chi connectivity index (χ4v) is 4.43. The first-order chi connectivity index (χ1) is 12.6. The van der Waals surface area contributed by atoms with Crippen LogP contribution >= 0.6 is 0 Å². The molecule has 0 saturated carbocycles. The van der Waals surface area contributed by atoms with Gasteiger partial charge in [0.15, 0.2) is 0 Å². The van der Waals surface area contributed by atoms with Crippen LogP contribution < -0.4 is 0 Å². The summed E-state index contributed by atoms with van der Waals surface area (Å²) in [6.45, 7) is 5.79. The Kier molecular flexibility index (Phi) is 4.82. The average Bonchev–Trinajstić information content (AvgIpc) is 2.66. The zero-order chi connectivity index (χ0) is 18.0. The van der Waals surface area contributed by atoms with Crippen LogP contribution in [0.5, 0.6) is 0 Å². The molecule has 4 rings (SSSR count). The zero-order valence-corrected chi connectivity index (χ0v) is 15.5. The van der Waals surface area contributed by atoms with Gasteiger partial charge in [-0.15, -0.1) is 0 Å². The van der Waals surface area contributed by atoms with E-state index in [1.165, 1.54) is 11.1 Å². The third-order valence-electron chi connectivity index (χ3n) is 6.10. The van der Waals surface area contributed by atoms with Crippen LogP contribution in [0.15, 0.2) is 48.7 Å². The van der Waals surface area contributed by atoms with Gasteiger partial charge in [-0.2, -0.15) is 0 Å². The van der Waals surface area contributed by atoms with Crippen LogP contribution in [-0.4, -0.2) is 40.3 Å². The lowest BCUT2D eigenvalue weighted by Crippen LogP contribution is -2.53. The minimum atomic E-state index is -0.863. The van der Waals surface area contributed by atoms with Gasteiger partial charge in [0.2, 0.25) is 0 Å². The number of aromatic nitrogens is 1. The molecule has 138 valence electrons. The molecule has 2 aromatic rings. The Hall–Kier alpha value is -1.75. The fourth-order valence-electron chi connectivity index (χ4n) is 4.43. The number of hydrogen-bond donors (Lipinski definition) is 1. The molecule has 2 aliphatic rings. The van der Waals surface area contributed by atoms with Crippen molar-refractivity contribution in [3.63, 3.8) is 0 Å². The topological polar surface area (TPSA) is 45.6 Å². The van der Waals surface area contributed by atoms with E-state index in [9.17, 15) is 5.11 Å². The second-order valence-electron chi connectivity index (χ2n) is 7.91. The number of ether oxygens (including phenoxy) is 1. The molecule has 1 aromatic heterocycles. The maximum atomic E-state index is 11.2. The van der Waals surface area contributed by atoms with Crippen LogP contribution in [0, 0.1) is 6.92 Å². The third kappa shape index (κ3) is 3.54. The molecule has 3 heterocycles. The molecule has 0 radical (unpaired) electrons. The van der Waals surface area contributed by atoms with Gasteiger partial charge in [-0.05, 0) is 43.0 Å². The molecule has 0 aliphatic carbocycles. The van der Waals surface area contributed by atoms with E-state index in [0.29, 0.717) is 19.4 Å². The highest BCUT2D eigenvalue weighted by Gasteiger charge is 2.47. The molecule has 0 amide bonds. The molecule has 2 saturated heterocycles. The molecule has 4 heteroatoms. The van der Waals surface area contributed by atoms with E-state index in [0.717, 1.165) is 38.2 Å². The Morgan fingerprint density at radius 2 is 1.85 bits per heavy atom. The van der Waals surface area contributed by atoms with Crippen LogP contribution in [0.2, 0.25) is 0 Å². The highest BCUT2D eigenvalue weighted by atomic mass is 16.5. The molecule has 26 heavy (non-hydrogen) atoms. The van der Waals surface area contributed by atoms with Gasteiger partial charge in [0, 0.05) is 38.7 Å². The van der Waals surface area contributed by atoms with Gasteiger partial charge < -0.3 is 9.84 Å². The smallest absolute Gasteiger partial charge is 0.111 e. The number of benzene rings is 1. The van der Waals surface area contributed by atoms with Gasteiger partial charge in [0.1, 0.15) is 5.60 Å². The van der Waals surface area contributed by atoms with Crippen molar-refractivity contribution in [1.29, 1.82) is 0 Å². The number of likely N-dealkylation sites (tertiary alicyclic amines) is 1. The Morgan fingerprint density at radius 1 is 1.08 bits per heavy atom. The summed E-state index contributed by atoms with van der Waals surface area (Å²) in [5.74, 6) is 0. The standard InChI is InChI=1S/C22H28N2O2/c1-18-6-2-3-7-19(18)16-24-13-9-21(10-14-24)17-22(25,11-15-26-21)20-8-4-5-12-23-20/h2-8,12,25H,9-11,13-17H2,1H3. The molecule has 0 bridgehead atoms. The second kappa shape index (κ2) is 7.10. The molecule has 1 spiro atoms. The predicted molar refractivity (Wildman–Crippen MR) is 102 cm³/mol. The quantitative estimate of drug-likeness (QED) is 0.919. The maximum absolute atomic E-state index is 11.2. The van der Waals surface area contributed by atoms with Crippen molar-refractivity contribution in [2.75, 3.05) is 19.7 Å². The van der Waals surface area contributed by atoms with Gasteiger partial charge in [-0.25, -0.2) is 0 Å². The second-order valence-corrected chi connectivity index (χ2v) is 7.91. The molecule has 1 unspecified atom stereocenters. The van der Waals surface area contributed by atoms with Crippen LogP contribution in [0.25, 0.3) is 0 Å². The Morgan fingerprint density at radius 3 is 2.58 bits per heavy atom. The van der Waals surface area contributed by atoms with E-state index >= 15 is 0 Å². The van der Waals surface area contributed by atoms with Crippen LogP contribution in [0.3, 0.4) is 0 Å². The van der Waals surface area contributed by atoms with E-state index in [4.69, 9.17) is 4.74 Å². The van der Waals surface area contributed by atoms with Crippen molar-refractivity contribution in [1.82, 2.24) is 9.88 Å².